The first-order chi connectivity index (χ1) is 9.83. The van der Waals surface area contributed by atoms with E-state index in [4.69, 9.17) is 0 Å². The molecule has 0 aliphatic rings. The fourth-order valence-corrected chi connectivity index (χ4v) is 2.97. The lowest BCUT2D eigenvalue weighted by Crippen LogP contribution is -2.00. The predicted molar refractivity (Wildman–Crippen MR) is 90.6 cm³/mol. The van der Waals surface area contributed by atoms with Gasteiger partial charge in [0.2, 0.25) is 0 Å². The van der Waals surface area contributed by atoms with Crippen molar-refractivity contribution in [3.05, 3.63) is 30.1 Å². The number of para-hydroxylation sites is 2. The maximum Gasteiger partial charge on any atom is 0.106 e. The van der Waals surface area contributed by atoms with E-state index in [1.165, 1.54) is 50.5 Å². The van der Waals surface area contributed by atoms with Gasteiger partial charge in [0.15, 0.2) is 0 Å². The third kappa shape index (κ3) is 4.27. The summed E-state index contributed by atoms with van der Waals surface area (Å²) in [5.41, 5.74) is 2.40. The second-order valence-corrected chi connectivity index (χ2v) is 5.95. The number of aryl methyl sites for hydroxylation is 2. The van der Waals surface area contributed by atoms with Gasteiger partial charge in [-0.15, -0.1) is 0 Å². The molecule has 0 fully saturated rings. The minimum absolute atomic E-state index is 1.03. The second-order valence-electron chi connectivity index (χ2n) is 5.50. The molecule has 2 nitrogen and oxygen atoms in total. The summed E-state index contributed by atoms with van der Waals surface area (Å²) >= 11 is 4.24. The van der Waals surface area contributed by atoms with E-state index in [0.717, 1.165) is 23.6 Å². The molecule has 1 aromatic carbocycles. The number of nitrogens with zero attached hydrogens (tertiary/aromatic N) is 2. The van der Waals surface area contributed by atoms with E-state index < -0.39 is 0 Å². The van der Waals surface area contributed by atoms with Crippen LogP contribution in [0.3, 0.4) is 0 Å². The van der Waals surface area contributed by atoms with Crippen LogP contribution >= 0.6 is 12.6 Å². The highest BCUT2D eigenvalue weighted by atomic mass is 32.1. The maximum atomic E-state index is 4.62. The van der Waals surface area contributed by atoms with Crippen LogP contribution in [0.25, 0.3) is 11.0 Å². The number of hydrogen-bond acceptors (Lipinski definition) is 2. The first-order valence-corrected chi connectivity index (χ1v) is 8.49. The Labute approximate surface area is 128 Å². The van der Waals surface area contributed by atoms with Crippen molar-refractivity contribution < 1.29 is 0 Å². The topological polar surface area (TPSA) is 17.8 Å². The van der Waals surface area contributed by atoms with Crippen LogP contribution in [0, 0.1) is 6.92 Å². The van der Waals surface area contributed by atoms with Crippen LogP contribution in [0.4, 0.5) is 0 Å². The van der Waals surface area contributed by atoms with E-state index in [0.29, 0.717) is 0 Å². The van der Waals surface area contributed by atoms with E-state index in [2.05, 4.69) is 53.4 Å². The highest BCUT2D eigenvalue weighted by Gasteiger charge is 2.05. The molecular weight excluding hydrogens is 264 g/mol. The molecule has 0 N–H and O–H groups in total. The quantitative estimate of drug-likeness (QED) is 0.508. The van der Waals surface area contributed by atoms with Crippen LogP contribution in [0.5, 0.6) is 0 Å². The average molecular weight is 290 g/mol. The largest absolute Gasteiger partial charge is 0.328 e. The molecule has 2 rings (SSSR count). The average Bonchev–Trinajstić information content (AvgIpc) is 2.78. The van der Waals surface area contributed by atoms with Gasteiger partial charge in [-0.3, -0.25) is 0 Å². The number of rotatable bonds is 9. The molecule has 1 aromatic heterocycles. The summed E-state index contributed by atoms with van der Waals surface area (Å²) in [7, 11) is 0. The summed E-state index contributed by atoms with van der Waals surface area (Å²) in [6, 6.07) is 8.43. The van der Waals surface area contributed by atoms with Crippen molar-refractivity contribution in [1.29, 1.82) is 0 Å². The van der Waals surface area contributed by atoms with Crippen molar-refractivity contribution in [1.82, 2.24) is 9.55 Å². The number of imidazole rings is 1. The summed E-state index contributed by atoms with van der Waals surface area (Å²) in [6.07, 6.45) is 9.29. The lowest BCUT2D eigenvalue weighted by molar-refractivity contribution is 0.551. The van der Waals surface area contributed by atoms with Gasteiger partial charge >= 0.3 is 0 Å². The van der Waals surface area contributed by atoms with Crippen molar-refractivity contribution in [2.24, 2.45) is 0 Å². The first kappa shape index (κ1) is 15.4. The summed E-state index contributed by atoms with van der Waals surface area (Å²) in [5, 5.41) is 0. The van der Waals surface area contributed by atoms with Crippen molar-refractivity contribution in [2.75, 3.05) is 5.75 Å². The van der Waals surface area contributed by atoms with Gasteiger partial charge in [0.25, 0.3) is 0 Å². The number of thiol groups is 1. The summed E-state index contributed by atoms with van der Waals surface area (Å²) < 4.78 is 2.36. The molecule has 3 heteroatoms. The molecule has 0 unspecified atom stereocenters. The molecule has 0 aliphatic carbocycles. The number of benzene rings is 1. The van der Waals surface area contributed by atoms with Gasteiger partial charge < -0.3 is 4.57 Å². The van der Waals surface area contributed by atoms with Gasteiger partial charge in [-0.05, 0) is 37.7 Å². The Morgan fingerprint density at radius 3 is 2.35 bits per heavy atom. The lowest BCUT2D eigenvalue weighted by atomic mass is 10.1. The number of aromatic nitrogens is 2. The third-order valence-electron chi connectivity index (χ3n) is 3.89. The highest BCUT2D eigenvalue weighted by Crippen LogP contribution is 2.17. The van der Waals surface area contributed by atoms with Crippen LogP contribution in [0.1, 0.15) is 50.8 Å². The minimum atomic E-state index is 1.03. The van der Waals surface area contributed by atoms with E-state index in [1.54, 1.807) is 0 Å². The third-order valence-corrected chi connectivity index (χ3v) is 4.20. The van der Waals surface area contributed by atoms with Crippen LogP contribution in [0.2, 0.25) is 0 Å². The van der Waals surface area contributed by atoms with Gasteiger partial charge in [0.1, 0.15) is 5.82 Å². The van der Waals surface area contributed by atoms with Gasteiger partial charge in [0, 0.05) is 6.54 Å². The monoisotopic (exact) mass is 290 g/mol. The predicted octanol–water partition coefficient (Wildman–Crippen LogP) is 5.01. The Bertz CT molecular complexity index is 519. The van der Waals surface area contributed by atoms with Crippen molar-refractivity contribution >= 4 is 23.7 Å². The normalized spacial score (nSPS) is 11.3. The molecule has 0 saturated carbocycles. The lowest BCUT2D eigenvalue weighted by Gasteiger charge is -2.06. The molecule has 0 spiro atoms. The fraction of sp³-hybridized carbons (Fsp3) is 0.588. The smallest absolute Gasteiger partial charge is 0.106 e. The molecule has 2 aromatic rings. The van der Waals surface area contributed by atoms with Gasteiger partial charge in [-0.1, -0.05) is 44.2 Å². The Morgan fingerprint density at radius 2 is 1.60 bits per heavy atom. The molecule has 0 aliphatic heterocycles. The van der Waals surface area contributed by atoms with Crippen molar-refractivity contribution in [3.8, 4) is 0 Å². The Kier molecular flexibility index (Phi) is 6.44. The van der Waals surface area contributed by atoms with Crippen LogP contribution < -0.4 is 0 Å². The zero-order valence-electron chi connectivity index (χ0n) is 12.5. The number of unbranched alkanes of at least 4 members (excludes halogenated alkanes) is 6. The summed E-state index contributed by atoms with van der Waals surface area (Å²) in [4.78, 5) is 4.62. The summed E-state index contributed by atoms with van der Waals surface area (Å²) in [6.45, 7) is 3.21. The SMILES string of the molecule is Cc1nc2ccccc2n1CCCCCCCCCS. The molecular formula is C17H26N2S. The Hall–Kier alpha value is -0.960. The van der Waals surface area contributed by atoms with Gasteiger partial charge in [-0.2, -0.15) is 12.6 Å². The molecule has 1 heterocycles. The Morgan fingerprint density at radius 1 is 0.950 bits per heavy atom. The van der Waals surface area contributed by atoms with Crippen LogP contribution in [-0.4, -0.2) is 15.3 Å². The standard InChI is InChI=1S/C17H26N2S/c1-15-18-16-11-7-8-12-17(16)19(15)13-9-5-3-2-4-6-10-14-20/h7-8,11-12,20H,2-6,9-10,13-14H2,1H3. The minimum Gasteiger partial charge on any atom is -0.328 e. The molecule has 0 bridgehead atoms. The molecule has 0 radical (unpaired) electrons. The van der Waals surface area contributed by atoms with Crippen LogP contribution in [0.15, 0.2) is 24.3 Å². The highest BCUT2D eigenvalue weighted by molar-refractivity contribution is 7.80. The van der Waals surface area contributed by atoms with Gasteiger partial charge in [-0.25, -0.2) is 4.98 Å². The molecule has 0 amide bonds. The Balaban J connectivity index is 1.72. The van der Waals surface area contributed by atoms with Crippen molar-refractivity contribution in [3.63, 3.8) is 0 Å². The fourth-order valence-electron chi connectivity index (χ4n) is 2.74. The first-order valence-electron chi connectivity index (χ1n) is 7.85. The maximum absolute atomic E-state index is 4.62. The molecule has 110 valence electrons. The summed E-state index contributed by atoms with van der Waals surface area (Å²) in [5.74, 6) is 2.17. The number of fused-ring (bicyclic) bond motifs is 1. The van der Waals surface area contributed by atoms with E-state index in [9.17, 15) is 0 Å². The van der Waals surface area contributed by atoms with Crippen molar-refractivity contribution in [2.45, 2.75) is 58.4 Å². The molecule has 0 saturated heterocycles. The van der Waals surface area contributed by atoms with E-state index in [1.807, 2.05) is 0 Å². The molecule has 20 heavy (non-hydrogen) atoms. The van der Waals surface area contributed by atoms with Crippen LogP contribution in [-0.2, 0) is 6.54 Å². The van der Waals surface area contributed by atoms with E-state index >= 15 is 0 Å². The van der Waals surface area contributed by atoms with Gasteiger partial charge in [0.05, 0.1) is 11.0 Å². The number of hydrogen-bond donors (Lipinski definition) is 1. The molecule has 0 atom stereocenters. The van der Waals surface area contributed by atoms with E-state index in [-0.39, 0.29) is 0 Å². The zero-order valence-corrected chi connectivity index (χ0v) is 13.4. The second kappa shape index (κ2) is 8.35. The zero-order chi connectivity index (χ0) is 14.2.